The standard InChI is InChI=1S/C18H15Cl4FO3/c19-15-10-14(25-8-5-17(21)22)11-16(20)18(15)26-7-2-6-24-13-4-1-3-12(23)9-13/h1,3-5,9-11H,2,6-8H2. The normalized spacial score (nSPS) is 10.3. The van der Waals surface area contributed by atoms with E-state index in [-0.39, 0.29) is 16.9 Å². The average Bonchev–Trinajstić information content (AvgIpc) is 2.56. The van der Waals surface area contributed by atoms with Gasteiger partial charge in [-0.3, -0.25) is 0 Å². The van der Waals surface area contributed by atoms with Crippen molar-refractivity contribution in [2.75, 3.05) is 19.8 Å². The summed E-state index contributed by atoms with van der Waals surface area (Å²) >= 11 is 23.4. The van der Waals surface area contributed by atoms with Gasteiger partial charge in [0.15, 0.2) is 5.75 Å². The van der Waals surface area contributed by atoms with Crippen molar-refractivity contribution < 1.29 is 18.6 Å². The van der Waals surface area contributed by atoms with E-state index in [1.807, 2.05) is 0 Å². The lowest BCUT2D eigenvalue weighted by Crippen LogP contribution is -2.06. The van der Waals surface area contributed by atoms with E-state index >= 15 is 0 Å². The van der Waals surface area contributed by atoms with Gasteiger partial charge in [-0.1, -0.05) is 52.5 Å². The number of ether oxygens (including phenoxy) is 3. The highest BCUT2D eigenvalue weighted by Gasteiger charge is 2.10. The molecule has 3 nitrogen and oxygen atoms in total. The maximum atomic E-state index is 13.0. The zero-order chi connectivity index (χ0) is 18.9. The van der Waals surface area contributed by atoms with Crippen LogP contribution in [-0.4, -0.2) is 19.8 Å². The maximum absolute atomic E-state index is 13.0. The molecule has 0 amide bonds. The fraction of sp³-hybridized carbons (Fsp3) is 0.222. The van der Waals surface area contributed by atoms with Crippen LogP contribution in [0.1, 0.15) is 6.42 Å². The maximum Gasteiger partial charge on any atom is 0.156 e. The summed E-state index contributed by atoms with van der Waals surface area (Å²) in [5.74, 6) is 0.946. The molecule has 0 spiro atoms. The molecule has 140 valence electrons. The largest absolute Gasteiger partial charge is 0.493 e. The zero-order valence-corrected chi connectivity index (χ0v) is 16.5. The van der Waals surface area contributed by atoms with Crippen molar-refractivity contribution in [3.63, 3.8) is 0 Å². The Morgan fingerprint density at radius 3 is 2.27 bits per heavy atom. The molecular formula is C18H15Cl4FO3. The van der Waals surface area contributed by atoms with E-state index in [1.165, 1.54) is 18.2 Å². The van der Waals surface area contributed by atoms with Crippen molar-refractivity contribution in [2.45, 2.75) is 6.42 Å². The molecule has 0 radical (unpaired) electrons. The third-order valence-corrected chi connectivity index (χ3v) is 3.93. The molecule has 2 rings (SSSR count). The van der Waals surface area contributed by atoms with Gasteiger partial charge in [-0.15, -0.1) is 0 Å². The van der Waals surface area contributed by atoms with Crippen molar-refractivity contribution >= 4 is 46.4 Å². The summed E-state index contributed by atoms with van der Waals surface area (Å²) in [7, 11) is 0. The summed E-state index contributed by atoms with van der Waals surface area (Å²) in [4.78, 5) is 0. The molecule has 0 aliphatic carbocycles. The molecule has 8 heteroatoms. The molecule has 0 atom stereocenters. The van der Waals surface area contributed by atoms with Crippen molar-refractivity contribution in [1.82, 2.24) is 0 Å². The molecule has 0 aliphatic rings. The second-order valence-corrected chi connectivity index (χ2v) is 6.85. The predicted molar refractivity (Wildman–Crippen MR) is 104 cm³/mol. The molecule has 0 bridgehead atoms. The van der Waals surface area contributed by atoms with Gasteiger partial charge in [0.2, 0.25) is 0 Å². The van der Waals surface area contributed by atoms with Crippen LogP contribution in [0.15, 0.2) is 47.0 Å². The smallest absolute Gasteiger partial charge is 0.156 e. The molecule has 26 heavy (non-hydrogen) atoms. The molecule has 0 N–H and O–H groups in total. The fourth-order valence-corrected chi connectivity index (χ4v) is 2.64. The molecule has 0 saturated heterocycles. The molecule has 0 saturated carbocycles. The Morgan fingerprint density at radius 1 is 0.923 bits per heavy atom. The Balaban J connectivity index is 1.80. The monoisotopic (exact) mass is 438 g/mol. The topological polar surface area (TPSA) is 27.7 Å². The van der Waals surface area contributed by atoms with E-state index in [4.69, 9.17) is 60.6 Å². The van der Waals surface area contributed by atoms with Crippen LogP contribution >= 0.6 is 46.4 Å². The molecule has 0 aliphatic heterocycles. The van der Waals surface area contributed by atoms with Gasteiger partial charge in [0, 0.05) is 24.6 Å². The minimum absolute atomic E-state index is 0.114. The summed E-state index contributed by atoms with van der Waals surface area (Å²) in [5.41, 5.74) is 0. The van der Waals surface area contributed by atoms with Gasteiger partial charge in [-0.05, 0) is 18.2 Å². The Labute approximate surface area is 171 Å². The van der Waals surface area contributed by atoms with Crippen molar-refractivity contribution in [1.29, 1.82) is 0 Å². The fourth-order valence-electron chi connectivity index (χ4n) is 1.94. The van der Waals surface area contributed by atoms with Gasteiger partial charge in [0.25, 0.3) is 0 Å². The minimum atomic E-state index is -0.344. The minimum Gasteiger partial charge on any atom is -0.493 e. The Morgan fingerprint density at radius 2 is 1.62 bits per heavy atom. The SMILES string of the molecule is Fc1cccc(OCCCOc2c(Cl)cc(OCC=C(Cl)Cl)cc2Cl)c1. The third-order valence-electron chi connectivity index (χ3n) is 3.06. The van der Waals surface area contributed by atoms with Crippen molar-refractivity contribution in [3.05, 3.63) is 62.8 Å². The van der Waals surface area contributed by atoms with Gasteiger partial charge < -0.3 is 14.2 Å². The van der Waals surface area contributed by atoms with Crippen molar-refractivity contribution in [2.24, 2.45) is 0 Å². The highest BCUT2D eigenvalue weighted by molar-refractivity contribution is 6.55. The van der Waals surface area contributed by atoms with Gasteiger partial charge in [-0.2, -0.15) is 0 Å². The van der Waals surface area contributed by atoms with Crippen LogP contribution in [0, 0.1) is 5.82 Å². The Hall–Kier alpha value is -1.33. The number of benzene rings is 2. The molecule has 0 aromatic heterocycles. The van der Waals surface area contributed by atoms with Crippen LogP contribution in [0.25, 0.3) is 0 Å². The van der Waals surface area contributed by atoms with Gasteiger partial charge in [0.1, 0.15) is 28.4 Å². The van der Waals surface area contributed by atoms with Crippen LogP contribution in [-0.2, 0) is 0 Å². The van der Waals surface area contributed by atoms with Crippen LogP contribution in [0.3, 0.4) is 0 Å². The zero-order valence-electron chi connectivity index (χ0n) is 13.5. The average molecular weight is 440 g/mol. The molecule has 0 unspecified atom stereocenters. The van der Waals surface area contributed by atoms with E-state index < -0.39 is 0 Å². The summed E-state index contributed by atoms with van der Waals surface area (Å²) in [6.45, 7) is 0.886. The molecule has 0 heterocycles. The molecule has 2 aromatic rings. The van der Waals surface area contributed by atoms with E-state index in [0.717, 1.165) is 0 Å². The van der Waals surface area contributed by atoms with E-state index in [9.17, 15) is 4.39 Å². The van der Waals surface area contributed by atoms with Gasteiger partial charge >= 0.3 is 0 Å². The lowest BCUT2D eigenvalue weighted by atomic mass is 10.3. The van der Waals surface area contributed by atoms with Crippen LogP contribution in [0.2, 0.25) is 10.0 Å². The summed E-state index contributed by atoms with van der Waals surface area (Å²) in [6.07, 6.45) is 2.06. The summed E-state index contributed by atoms with van der Waals surface area (Å²) < 4.78 is 29.6. The first-order valence-electron chi connectivity index (χ1n) is 7.60. The quantitative estimate of drug-likeness (QED) is 0.408. The molecule has 0 fully saturated rings. The number of halogens is 5. The predicted octanol–water partition coefficient (Wildman–Crippen LogP) is 6.68. The highest BCUT2D eigenvalue weighted by Crippen LogP contribution is 2.37. The highest BCUT2D eigenvalue weighted by atomic mass is 35.5. The molecular weight excluding hydrogens is 425 g/mol. The van der Waals surface area contributed by atoms with E-state index in [1.54, 1.807) is 24.3 Å². The molecule has 2 aromatic carbocycles. The first-order valence-corrected chi connectivity index (χ1v) is 9.11. The van der Waals surface area contributed by atoms with Gasteiger partial charge in [0.05, 0.1) is 23.3 Å². The lowest BCUT2D eigenvalue weighted by molar-refractivity contribution is 0.247. The lowest BCUT2D eigenvalue weighted by Gasteiger charge is -2.12. The van der Waals surface area contributed by atoms with Crippen LogP contribution in [0.5, 0.6) is 17.2 Å². The number of hydrogen-bond acceptors (Lipinski definition) is 3. The number of rotatable bonds is 9. The Kier molecular flexibility index (Phi) is 8.66. The summed E-state index contributed by atoms with van der Waals surface area (Å²) in [5, 5.41) is 0.638. The second-order valence-electron chi connectivity index (χ2n) is 5.03. The first-order chi connectivity index (χ1) is 12.5. The van der Waals surface area contributed by atoms with E-state index in [0.29, 0.717) is 46.9 Å². The van der Waals surface area contributed by atoms with Crippen molar-refractivity contribution in [3.8, 4) is 17.2 Å². The summed E-state index contributed by atoms with van der Waals surface area (Å²) in [6, 6.07) is 9.11. The van der Waals surface area contributed by atoms with Gasteiger partial charge in [-0.25, -0.2) is 4.39 Å². The first kappa shape index (κ1) is 21.0. The van der Waals surface area contributed by atoms with E-state index in [2.05, 4.69) is 0 Å². The second kappa shape index (κ2) is 10.7. The third kappa shape index (κ3) is 7.12. The number of hydrogen-bond donors (Lipinski definition) is 0. The van der Waals surface area contributed by atoms with Crippen LogP contribution in [0.4, 0.5) is 4.39 Å². The Bertz CT molecular complexity index is 741. The van der Waals surface area contributed by atoms with Crippen LogP contribution < -0.4 is 14.2 Å².